The number of amides is 1. The molecular weight excluding hydrogens is 236 g/mol. The maximum atomic E-state index is 11.0. The normalized spacial score (nSPS) is 10.3. The summed E-state index contributed by atoms with van der Waals surface area (Å²) in [6, 6.07) is 7.63. The lowest BCUT2D eigenvalue weighted by Gasteiger charge is -2.00. The molecule has 0 bridgehead atoms. The van der Waals surface area contributed by atoms with E-state index in [9.17, 15) is 14.9 Å². The van der Waals surface area contributed by atoms with Crippen LogP contribution in [0.2, 0.25) is 0 Å². The van der Waals surface area contributed by atoms with Crippen LogP contribution in [0.4, 0.5) is 5.69 Å². The summed E-state index contributed by atoms with van der Waals surface area (Å²) >= 11 is 0. The van der Waals surface area contributed by atoms with Crippen LogP contribution in [-0.2, 0) is 0 Å². The standard InChI is InChI=1S/C12H10N2O4/c1-7-2-3-8(9(6-7)14(16)17)10-4-5-11(18-10)12(13)15/h2-6H,1H3,(H2,13,15). The fraction of sp³-hybridized carbons (Fsp3) is 0.0833. The number of benzene rings is 1. The molecule has 6 heteroatoms. The molecule has 6 nitrogen and oxygen atoms in total. The van der Waals surface area contributed by atoms with Gasteiger partial charge in [-0.2, -0.15) is 0 Å². The molecule has 2 rings (SSSR count). The van der Waals surface area contributed by atoms with Crippen molar-refractivity contribution in [1.82, 2.24) is 0 Å². The van der Waals surface area contributed by atoms with Crippen molar-refractivity contribution in [2.75, 3.05) is 0 Å². The molecule has 1 aromatic carbocycles. The van der Waals surface area contributed by atoms with Gasteiger partial charge in [-0.25, -0.2) is 0 Å². The van der Waals surface area contributed by atoms with E-state index in [1.807, 2.05) is 0 Å². The number of primary amides is 1. The number of rotatable bonds is 3. The molecule has 0 unspecified atom stereocenters. The monoisotopic (exact) mass is 246 g/mol. The lowest BCUT2D eigenvalue weighted by atomic mass is 10.1. The number of nitro groups is 1. The van der Waals surface area contributed by atoms with E-state index in [1.165, 1.54) is 18.2 Å². The summed E-state index contributed by atoms with van der Waals surface area (Å²) < 4.78 is 5.18. The van der Waals surface area contributed by atoms with Crippen molar-refractivity contribution in [3.63, 3.8) is 0 Å². The van der Waals surface area contributed by atoms with Crippen molar-refractivity contribution in [1.29, 1.82) is 0 Å². The number of hydrogen-bond acceptors (Lipinski definition) is 4. The molecule has 0 aliphatic carbocycles. The summed E-state index contributed by atoms with van der Waals surface area (Å²) in [5.74, 6) is -0.494. The minimum atomic E-state index is -0.712. The quantitative estimate of drug-likeness (QED) is 0.663. The molecule has 0 saturated carbocycles. The molecule has 0 aliphatic rings. The van der Waals surface area contributed by atoms with Crippen molar-refractivity contribution in [3.8, 4) is 11.3 Å². The Labute approximate surface area is 102 Å². The highest BCUT2D eigenvalue weighted by Crippen LogP contribution is 2.31. The lowest BCUT2D eigenvalue weighted by Crippen LogP contribution is -2.09. The number of carbonyl (C=O) groups is 1. The molecule has 0 spiro atoms. The highest BCUT2D eigenvalue weighted by Gasteiger charge is 2.19. The van der Waals surface area contributed by atoms with Crippen molar-refractivity contribution < 1.29 is 14.1 Å². The average molecular weight is 246 g/mol. The summed E-state index contributed by atoms with van der Waals surface area (Å²) in [5.41, 5.74) is 6.08. The predicted molar refractivity (Wildman–Crippen MR) is 64.1 cm³/mol. The largest absolute Gasteiger partial charge is 0.451 e. The van der Waals surface area contributed by atoms with Crippen LogP contribution < -0.4 is 5.73 Å². The molecule has 1 amide bonds. The van der Waals surface area contributed by atoms with Gasteiger partial charge >= 0.3 is 0 Å². The van der Waals surface area contributed by atoms with Gasteiger partial charge in [-0.3, -0.25) is 14.9 Å². The van der Waals surface area contributed by atoms with E-state index < -0.39 is 10.8 Å². The van der Waals surface area contributed by atoms with Gasteiger partial charge in [-0.15, -0.1) is 0 Å². The molecule has 18 heavy (non-hydrogen) atoms. The summed E-state index contributed by atoms with van der Waals surface area (Å²) in [6.45, 7) is 1.76. The minimum Gasteiger partial charge on any atom is -0.451 e. The molecule has 0 radical (unpaired) electrons. The minimum absolute atomic E-state index is 0.0279. The van der Waals surface area contributed by atoms with E-state index >= 15 is 0 Å². The second kappa shape index (κ2) is 4.33. The molecule has 0 aliphatic heterocycles. The Hall–Kier alpha value is -2.63. The molecule has 1 heterocycles. The fourth-order valence-electron chi connectivity index (χ4n) is 1.62. The van der Waals surface area contributed by atoms with Gasteiger partial charge < -0.3 is 10.2 Å². The smallest absolute Gasteiger partial charge is 0.284 e. The Balaban J connectivity index is 2.55. The molecule has 0 saturated heterocycles. The molecule has 2 N–H and O–H groups in total. The van der Waals surface area contributed by atoms with Gasteiger partial charge in [-0.1, -0.05) is 6.07 Å². The fourth-order valence-corrected chi connectivity index (χ4v) is 1.62. The first-order valence-corrected chi connectivity index (χ1v) is 5.14. The highest BCUT2D eigenvalue weighted by atomic mass is 16.6. The summed E-state index contributed by atoms with van der Waals surface area (Å²) in [5, 5.41) is 11.0. The number of aryl methyl sites for hydroxylation is 1. The molecule has 92 valence electrons. The van der Waals surface area contributed by atoms with Crippen LogP contribution in [0, 0.1) is 17.0 Å². The third-order valence-electron chi connectivity index (χ3n) is 2.46. The van der Waals surface area contributed by atoms with Gasteiger partial charge in [0.15, 0.2) is 5.76 Å². The number of carbonyl (C=O) groups excluding carboxylic acids is 1. The first-order valence-electron chi connectivity index (χ1n) is 5.14. The second-order valence-electron chi connectivity index (χ2n) is 3.81. The SMILES string of the molecule is Cc1ccc(-c2ccc(C(N)=O)o2)c([N+](=O)[O-])c1. The summed E-state index contributed by atoms with van der Waals surface area (Å²) in [7, 11) is 0. The number of nitrogens with two attached hydrogens (primary N) is 1. The summed E-state index contributed by atoms with van der Waals surface area (Å²) in [4.78, 5) is 21.4. The van der Waals surface area contributed by atoms with Crippen LogP contribution in [0.25, 0.3) is 11.3 Å². The predicted octanol–water partition coefficient (Wildman–Crippen LogP) is 2.26. The Morgan fingerprint density at radius 3 is 2.61 bits per heavy atom. The maximum absolute atomic E-state index is 11.0. The zero-order chi connectivity index (χ0) is 13.3. The van der Waals surface area contributed by atoms with Gasteiger partial charge in [0, 0.05) is 6.07 Å². The Morgan fingerprint density at radius 1 is 1.33 bits per heavy atom. The number of furan rings is 1. The third kappa shape index (κ3) is 2.08. The molecule has 1 aromatic heterocycles. The number of nitro benzene ring substituents is 1. The maximum Gasteiger partial charge on any atom is 0.284 e. The van der Waals surface area contributed by atoms with E-state index in [1.54, 1.807) is 19.1 Å². The van der Waals surface area contributed by atoms with Crippen LogP contribution in [-0.4, -0.2) is 10.8 Å². The zero-order valence-corrected chi connectivity index (χ0v) is 9.54. The second-order valence-corrected chi connectivity index (χ2v) is 3.81. The first-order chi connectivity index (χ1) is 8.49. The van der Waals surface area contributed by atoms with Crippen molar-refractivity contribution in [3.05, 3.63) is 51.8 Å². The highest BCUT2D eigenvalue weighted by molar-refractivity contribution is 5.90. The van der Waals surface area contributed by atoms with Gasteiger partial charge in [0.1, 0.15) is 5.76 Å². The number of hydrogen-bond donors (Lipinski definition) is 1. The van der Waals surface area contributed by atoms with Gasteiger partial charge in [0.05, 0.1) is 10.5 Å². The van der Waals surface area contributed by atoms with Crippen molar-refractivity contribution in [2.24, 2.45) is 5.73 Å². The van der Waals surface area contributed by atoms with E-state index in [2.05, 4.69) is 0 Å². The van der Waals surface area contributed by atoms with E-state index in [0.717, 1.165) is 5.56 Å². The Bertz CT molecular complexity index is 631. The van der Waals surface area contributed by atoms with Crippen molar-refractivity contribution in [2.45, 2.75) is 6.92 Å². The molecular formula is C12H10N2O4. The first kappa shape index (κ1) is 11.8. The topological polar surface area (TPSA) is 99.4 Å². The number of nitrogens with zero attached hydrogens (tertiary/aromatic N) is 1. The summed E-state index contributed by atoms with van der Waals surface area (Å²) in [6.07, 6.45) is 0. The Morgan fingerprint density at radius 2 is 2.06 bits per heavy atom. The molecule has 0 fully saturated rings. The van der Waals surface area contributed by atoms with Crippen LogP contribution in [0.15, 0.2) is 34.7 Å². The average Bonchev–Trinajstić information content (AvgIpc) is 2.78. The van der Waals surface area contributed by atoms with Crippen LogP contribution in [0.3, 0.4) is 0 Å². The van der Waals surface area contributed by atoms with Crippen LogP contribution in [0.5, 0.6) is 0 Å². The van der Waals surface area contributed by atoms with Gasteiger partial charge in [0.2, 0.25) is 0 Å². The van der Waals surface area contributed by atoms with Crippen LogP contribution in [0.1, 0.15) is 16.1 Å². The van der Waals surface area contributed by atoms with Crippen molar-refractivity contribution >= 4 is 11.6 Å². The molecule has 2 aromatic rings. The Kier molecular flexibility index (Phi) is 2.85. The van der Waals surface area contributed by atoms with Gasteiger partial charge in [0.25, 0.3) is 11.6 Å². The van der Waals surface area contributed by atoms with Crippen LogP contribution >= 0.6 is 0 Å². The van der Waals surface area contributed by atoms with E-state index in [-0.39, 0.29) is 17.2 Å². The third-order valence-corrected chi connectivity index (χ3v) is 2.46. The lowest BCUT2D eigenvalue weighted by molar-refractivity contribution is -0.384. The van der Waals surface area contributed by atoms with E-state index in [0.29, 0.717) is 5.56 Å². The zero-order valence-electron chi connectivity index (χ0n) is 9.54. The molecule has 0 atom stereocenters. The van der Waals surface area contributed by atoms with E-state index in [4.69, 9.17) is 10.2 Å². The van der Waals surface area contributed by atoms with Gasteiger partial charge in [-0.05, 0) is 30.7 Å².